The van der Waals surface area contributed by atoms with Crippen molar-refractivity contribution in [3.8, 4) is 0 Å². The third kappa shape index (κ3) is 3.49. The van der Waals surface area contributed by atoms with Crippen molar-refractivity contribution >= 4 is 16.8 Å². The van der Waals surface area contributed by atoms with E-state index in [1.165, 1.54) is 16.6 Å². The molecule has 5 heteroatoms. The molecule has 29 heavy (non-hydrogen) atoms. The minimum Gasteiger partial charge on any atom is -0.326 e. The molecule has 2 aromatic carbocycles. The Bertz CT molecular complexity index is 1020. The fourth-order valence-corrected chi connectivity index (χ4v) is 5.02. The van der Waals surface area contributed by atoms with Gasteiger partial charge in [0.25, 0.3) is 0 Å². The molecule has 150 valence electrons. The maximum Gasteiger partial charge on any atom is 0.179 e. The summed E-state index contributed by atoms with van der Waals surface area (Å²) in [5.41, 5.74) is 5.46. The van der Waals surface area contributed by atoms with Crippen molar-refractivity contribution in [2.75, 3.05) is 19.6 Å². The van der Waals surface area contributed by atoms with Crippen LogP contribution >= 0.6 is 0 Å². The molecule has 0 aliphatic carbocycles. The number of hydrogen-bond acceptors (Lipinski definition) is 4. The molecule has 2 saturated heterocycles. The summed E-state index contributed by atoms with van der Waals surface area (Å²) in [4.78, 5) is 20.1. The predicted octanol–water partition coefficient (Wildman–Crippen LogP) is 3.40. The number of para-hydroxylation sites is 1. The van der Waals surface area contributed by atoms with E-state index in [1.807, 2.05) is 30.6 Å². The van der Waals surface area contributed by atoms with Crippen molar-refractivity contribution in [3.05, 3.63) is 65.5 Å². The van der Waals surface area contributed by atoms with Gasteiger partial charge in [-0.15, -0.1) is 0 Å². The number of rotatable bonds is 5. The highest BCUT2D eigenvalue weighted by Gasteiger charge is 2.36. The Balaban J connectivity index is 1.32. The van der Waals surface area contributed by atoms with E-state index in [0.29, 0.717) is 6.04 Å². The van der Waals surface area contributed by atoms with Crippen molar-refractivity contribution in [3.63, 3.8) is 0 Å². The molecule has 0 bridgehead atoms. The standard InChI is InChI=1S/C24H28N4O/c1-17-4-2-5-21-23(17)27(16-26-21)15-18-7-9-19(10-8-18)24(29)22-6-3-13-28(22)20-11-12-25-14-20/h2,4-5,7-10,16,20,22,25H,3,6,11-15H2,1H3. The highest BCUT2D eigenvalue weighted by Crippen LogP contribution is 2.26. The van der Waals surface area contributed by atoms with Gasteiger partial charge < -0.3 is 9.88 Å². The first-order chi connectivity index (χ1) is 14.2. The molecule has 2 aliphatic heterocycles. The number of likely N-dealkylation sites (tertiary alicyclic amines) is 1. The Kier molecular flexibility index (Phi) is 4.94. The molecule has 0 saturated carbocycles. The van der Waals surface area contributed by atoms with E-state index in [-0.39, 0.29) is 11.8 Å². The van der Waals surface area contributed by atoms with Crippen LogP contribution in [0.25, 0.3) is 11.0 Å². The normalized spacial score (nSPS) is 22.5. The van der Waals surface area contributed by atoms with E-state index in [0.717, 1.165) is 56.5 Å². The first-order valence-corrected chi connectivity index (χ1v) is 10.7. The highest BCUT2D eigenvalue weighted by atomic mass is 16.1. The van der Waals surface area contributed by atoms with Gasteiger partial charge in [-0.1, -0.05) is 36.4 Å². The second-order valence-corrected chi connectivity index (χ2v) is 8.42. The summed E-state index contributed by atoms with van der Waals surface area (Å²) in [6.45, 7) is 6.02. The quantitative estimate of drug-likeness (QED) is 0.681. The van der Waals surface area contributed by atoms with Crippen molar-refractivity contribution < 1.29 is 4.79 Å². The number of nitrogens with zero attached hydrogens (tertiary/aromatic N) is 3. The van der Waals surface area contributed by atoms with E-state index < -0.39 is 0 Å². The van der Waals surface area contributed by atoms with E-state index in [4.69, 9.17) is 0 Å². The highest BCUT2D eigenvalue weighted by molar-refractivity contribution is 6.00. The molecule has 3 aromatic rings. The average Bonchev–Trinajstić information content (AvgIpc) is 3.49. The first-order valence-electron chi connectivity index (χ1n) is 10.7. The van der Waals surface area contributed by atoms with E-state index >= 15 is 0 Å². The van der Waals surface area contributed by atoms with Gasteiger partial charge in [0.2, 0.25) is 0 Å². The van der Waals surface area contributed by atoms with Crippen LogP contribution in [0.2, 0.25) is 0 Å². The Hall–Kier alpha value is -2.50. The number of aryl methyl sites for hydroxylation is 1. The largest absolute Gasteiger partial charge is 0.326 e. The SMILES string of the molecule is Cc1cccc2ncn(Cc3ccc(C(=O)C4CCCN4C4CCNC4)cc3)c12. The average molecular weight is 389 g/mol. The third-order valence-corrected chi connectivity index (χ3v) is 6.53. The minimum absolute atomic E-state index is 0.0472. The van der Waals surface area contributed by atoms with Crippen molar-refractivity contribution in [2.45, 2.75) is 44.8 Å². The van der Waals surface area contributed by atoms with Crippen LogP contribution in [-0.2, 0) is 6.54 Å². The van der Waals surface area contributed by atoms with Crippen LogP contribution in [0.15, 0.2) is 48.8 Å². The van der Waals surface area contributed by atoms with Gasteiger partial charge in [0, 0.05) is 24.7 Å². The number of nitrogens with one attached hydrogen (secondary N) is 1. The lowest BCUT2D eigenvalue weighted by Gasteiger charge is -2.29. The summed E-state index contributed by atoms with van der Waals surface area (Å²) in [5, 5.41) is 3.43. The number of aromatic nitrogens is 2. The van der Waals surface area contributed by atoms with Crippen LogP contribution in [0.1, 0.15) is 40.7 Å². The molecule has 1 N–H and O–H groups in total. The van der Waals surface area contributed by atoms with Crippen molar-refractivity contribution in [1.82, 2.24) is 19.8 Å². The maximum absolute atomic E-state index is 13.2. The molecule has 2 aliphatic rings. The van der Waals surface area contributed by atoms with Gasteiger partial charge >= 0.3 is 0 Å². The van der Waals surface area contributed by atoms with Gasteiger partial charge in [-0.2, -0.15) is 0 Å². The van der Waals surface area contributed by atoms with E-state index in [9.17, 15) is 4.79 Å². The number of benzene rings is 2. The fourth-order valence-electron chi connectivity index (χ4n) is 5.02. The molecule has 0 amide bonds. The minimum atomic E-state index is 0.0472. The van der Waals surface area contributed by atoms with Gasteiger partial charge in [-0.05, 0) is 56.5 Å². The molecule has 5 nitrogen and oxygen atoms in total. The van der Waals surface area contributed by atoms with E-state index in [1.54, 1.807) is 0 Å². The number of imidazole rings is 1. The molecule has 1 aromatic heterocycles. The summed E-state index contributed by atoms with van der Waals surface area (Å²) < 4.78 is 2.19. The molecular weight excluding hydrogens is 360 g/mol. The molecule has 2 atom stereocenters. The van der Waals surface area contributed by atoms with Crippen LogP contribution < -0.4 is 5.32 Å². The lowest BCUT2D eigenvalue weighted by Crippen LogP contribution is -2.44. The molecule has 2 fully saturated rings. The van der Waals surface area contributed by atoms with Crippen LogP contribution in [0, 0.1) is 6.92 Å². The van der Waals surface area contributed by atoms with Crippen LogP contribution in [0.3, 0.4) is 0 Å². The van der Waals surface area contributed by atoms with Gasteiger partial charge in [-0.25, -0.2) is 4.98 Å². The smallest absolute Gasteiger partial charge is 0.179 e. The molecule has 2 unspecified atom stereocenters. The van der Waals surface area contributed by atoms with Gasteiger partial charge in [0.1, 0.15) is 0 Å². The number of Topliss-reactive ketones (excluding diaryl/α,β-unsaturated/α-hetero) is 1. The molecular formula is C24H28N4O. The summed E-state index contributed by atoms with van der Waals surface area (Å²) >= 11 is 0. The zero-order valence-corrected chi connectivity index (χ0v) is 17.0. The molecule has 3 heterocycles. The number of carbonyl (C=O) groups is 1. The Morgan fingerprint density at radius 3 is 2.83 bits per heavy atom. The molecule has 0 spiro atoms. The zero-order valence-electron chi connectivity index (χ0n) is 17.0. The second kappa shape index (κ2) is 7.73. The zero-order chi connectivity index (χ0) is 19.8. The number of fused-ring (bicyclic) bond motifs is 1. The predicted molar refractivity (Wildman–Crippen MR) is 115 cm³/mol. The van der Waals surface area contributed by atoms with Crippen LogP contribution in [-0.4, -0.2) is 52.0 Å². The van der Waals surface area contributed by atoms with E-state index in [2.05, 4.69) is 44.9 Å². The number of ketones is 1. The van der Waals surface area contributed by atoms with Gasteiger partial charge in [-0.3, -0.25) is 9.69 Å². The van der Waals surface area contributed by atoms with Crippen molar-refractivity contribution in [2.24, 2.45) is 0 Å². The van der Waals surface area contributed by atoms with Crippen LogP contribution in [0.4, 0.5) is 0 Å². The fraction of sp³-hybridized carbons (Fsp3) is 0.417. The second-order valence-electron chi connectivity index (χ2n) is 8.42. The number of hydrogen-bond donors (Lipinski definition) is 1. The summed E-state index contributed by atoms with van der Waals surface area (Å²) in [6.07, 6.45) is 5.17. The Morgan fingerprint density at radius 1 is 1.17 bits per heavy atom. The lowest BCUT2D eigenvalue weighted by atomic mass is 10.00. The Morgan fingerprint density at radius 2 is 2.03 bits per heavy atom. The first kappa shape index (κ1) is 18.5. The van der Waals surface area contributed by atoms with Gasteiger partial charge in [0.05, 0.1) is 23.4 Å². The summed E-state index contributed by atoms with van der Waals surface area (Å²) in [5.74, 6) is 0.282. The topological polar surface area (TPSA) is 50.2 Å². The van der Waals surface area contributed by atoms with Crippen LogP contribution in [0.5, 0.6) is 0 Å². The molecule has 5 rings (SSSR count). The summed E-state index contributed by atoms with van der Waals surface area (Å²) in [7, 11) is 0. The molecule has 0 radical (unpaired) electrons. The third-order valence-electron chi connectivity index (χ3n) is 6.53. The summed E-state index contributed by atoms with van der Waals surface area (Å²) in [6, 6.07) is 15.0. The lowest BCUT2D eigenvalue weighted by molar-refractivity contribution is 0.0826. The number of carbonyl (C=O) groups excluding carboxylic acids is 1. The monoisotopic (exact) mass is 388 g/mol. The van der Waals surface area contributed by atoms with Crippen molar-refractivity contribution in [1.29, 1.82) is 0 Å². The van der Waals surface area contributed by atoms with Gasteiger partial charge in [0.15, 0.2) is 5.78 Å². The maximum atomic E-state index is 13.2. The Labute approximate surface area is 171 Å².